The summed E-state index contributed by atoms with van der Waals surface area (Å²) in [5.74, 6) is 0.661. The molecule has 74 valence electrons. The Hall–Kier alpha value is -1.04. The molecule has 6 heteroatoms. The molecule has 0 atom stereocenters. The standard InChI is InChI=1S/C8H10BrN5/c9-6-5-7(10)11-3-12-8(5)14(13-6)4-1-2-4/h4,11H,1-3,10H2. The first-order valence-corrected chi connectivity index (χ1v) is 5.39. The van der Waals surface area contributed by atoms with Gasteiger partial charge in [0.15, 0.2) is 5.49 Å². The molecule has 0 unspecified atom stereocenters. The summed E-state index contributed by atoms with van der Waals surface area (Å²) < 4.78 is 2.76. The summed E-state index contributed by atoms with van der Waals surface area (Å²) in [6.45, 7) is 0.545. The molecule has 0 spiro atoms. The lowest BCUT2D eigenvalue weighted by atomic mass is 10.4. The van der Waals surface area contributed by atoms with Gasteiger partial charge in [-0.25, -0.2) is 9.67 Å². The zero-order valence-corrected chi connectivity index (χ0v) is 9.08. The fourth-order valence-corrected chi connectivity index (χ4v) is 2.21. The molecule has 1 saturated carbocycles. The second-order valence-electron chi connectivity index (χ2n) is 3.57. The van der Waals surface area contributed by atoms with Gasteiger partial charge in [0.25, 0.3) is 0 Å². The van der Waals surface area contributed by atoms with Crippen LogP contribution in [0.2, 0.25) is 0 Å². The Morgan fingerprint density at radius 3 is 3.00 bits per heavy atom. The Bertz CT molecular complexity index is 499. The summed E-state index contributed by atoms with van der Waals surface area (Å²) in [5.41, 5.74) is 6.76. The van der Waals surface area contributed by atoms with E-state index in [1.165, 1.54) is 12.8 Å². The fraction of sp³-hybridized carbons (Fsp3) is 0.500. The predicted octanol–water partition coefficient (Wildman–Crippen LogP) is -0.815. The van der Waals surface area contributed by atoms with E-state index < -0.39 is 0 Å². The van der Waals surface area contributed by atoms with Crippen molar-refractivity contribution in [3.63, 3.8) is 0 Å². The SMILES string of the molecule is NC1=c2c(Br)nn(C3CC3)c2=NCN1. The van der Waals surface area contributed by atoms with Crippen LogP contribution in [0.15, 0.2) is 9.60 Å². The van der Waals surface area contributed by atoms with Crippen LogP contribution in [0.3, 0.4) is 0 Å². The second kappa shape index (κ2) is 2.73. The molecule has 1 aromatic heterocycles. The maximum atomic E-state index is 5.84. The summed E-state index contributed by atoms with van der Waals surface area (Å²) in [6.07, 6.45) is 2.40. The quantitative estimate of drug-likeness (QED) is 0.690. The molecule has 1 aliphatic heterocycles. The molecular formula is C8H10BrN5. The normalized spacial score (nSPS) is 19.9. The number of rotatable bonds is 1. The van der Waals surface area contributed by atoms with Crippen LogP contribution in [0.25, 0.3) is 5.82 Å². The van der Waals surface area contributed by atoms with Crippen molar-refractivity contribution in [2.75, 3.05) is 6.67 Å². The van der Waals surface area contributed by atoms with E-state index in [-0.39, 0.29) is 0 Å². The summed E-state index contributed by atoms with van der Waals surface area (Å²) in [4.78, 5) is 4.38. The van der Waals surface area contributed by atoms with Crippen molar-refractivity contribution in [1.29, 1.82) is 0 Å². The van der Waals surface area contributed by atoms with Crippen molar-refractivity contribution in [2.45, 2.75) is 18.9 Å². The second-order valence-corrected chi connectivity index (χ2v) is 4.32. The first-order valence-electron chi connectivity index (χ1n) is 4.59. The fourth-order valence-electron chi connectivity index (χ4n) is 1.64. The maximum absolute atomic E-state index is 5.84. The van der Waals surface area contributed by atoms with Crippen molar-refractivity contribution < 1.29 is 0 Å². The minimum Gasteiger partial charge on any atom is -0.385 e. The first kappa shape index (κ1) is 8.28. The monoisotopic (exact) mass is 255 g/mol. The number of nitrogens with one attached hydrogen (secondary N) is 1. The molecule has 1 fully saturated rings. The van der Waals surface area contributed by atoms with Gasteiger partial charge < -0.3 is 11.1 Å². The number of aromatic nitrogens is 2. The third kappa shape index (κ3) is 1.06. The number of fused-ring (bicyclic) bond motifs is 1. The Morgan fingerprint density at radius 1 is 1.50 bits per heavy atom. The van der Waals surface area contributed by atoms with E-state index in [9.17, 15) is 0 Å². The molecule has 3 rings (SSSR count). The number of nitrogens with zero attached hydrogens (tertiary/aromatic N) is 3. The van der Waals surface area contributed by atoms with Crippen LogP contribution in [0.1, 0.15) is 18.9 Å². The zero-order chi connectivity index (χ0) is 9.71. The van der Waals surface area contributed by atoms with E-state index in [2.05, 4.69) is 31.3 Å². The molecule has 14 heavy (non-hydrogen) atoms. The van der Waals surface area contributed by atoms with Crippen LogP contribution in [-0.2, 0) is 0 Å². The number of hydrogen-bond acceptors (Lipinski definition) is 4. The van der Waals surface area contributed by atoms with Crippen LogP contribution < -0.4 is 21.8 Å². The third-order valence-electron chi connectivity index (χ3n) is 2.50. The summed E-state index contributed by atoms with van der Waals surface area (Å²) in [5, 5.41) is 8.31. The first-order chi connectivity index (χ1) is 6.77. The Balaban J connectivity index is 2.37. The Kier molecular flexibility index (Phi) is 1.61. The number of nitrogens with two attached hydrogens (primary N) is 1. The number of halogens is 1. The van der Waals surface area contributed by atoms with Crippen molar-refractivity contribution in [1.82, 2.24) is 15.1 Å². The molecule has 1 aromatic rings. The Labute approximate surface area is 88.8 Å². The third-order valence-corrected chi connectivity index (χ3v) is 3.06. The average molecular weight is 256 g/mol. The molecule has 0 saturated heterocycles. The highest BCUT2D eigenvalue weighted by molar-refractivity contribution is 9.10. The van der Waals surface area contributed by atoms with Crippen LogP contribution >= 0.6 is 15.9 Å². The zero-order valence-electron chi connectivity index (χ0n) is 7.50. The molecule has 0 radical (unpaired) electrons. The van der Waals surface area contributed by atoms with Crippen molar-refractivity contribution in [3.05, 3.63) is 15.3 Å². The predicted molar refractivity (Wildman–Crippen MR) is 54.6 cm³/mol. The summed E-state index contributed by atoms with van der Waals surface area (Å²) in [6, 6.07) is 0.532. The van der Waals surface area contributed by atoms with Gasteiger partial charge in [0.1, 0.15) is 17.1 Å². The van der Waals surface area contributed by atoms with Gasteiger partial charge in [-0.1, -0.05) is 0 Å². The van der Waals surface area contributed by atoms with Crippen LogP contribution in [0.4, 0.5) is 0 Å². The summed E-state index contributed by atoms with van der Waals surface area (Å²) >= 11 is 3.41. The largest absolute Gasteiger partial charge is 0.385 e. The smallest absolute Gasteiger partial charge is 0.160 e. The van der Waals surface area contributed by atoms with Crippen LogP contribution in [0.5, 0.6) is 0 Å². The maximum Gasteiger partial charge on any atom is 0.160 e. The van der Waals surface area contributed by atoms with Gasteiger partial charge in [0.05, 0.1) is 11.3 Å². The minimum absolute atomic E-state index is 0.532. The molecule has 1 aliphatic carbocycles. The lowest BCUT2D eigenvalue weighted by molar-refractivity contribution is 0.595. The van der Waals surface area contributed by atoms with Gasteiger partial charge in [-0.3, -0.25) is 0 Å². The molecule has 0 bridgehead atoms. The molecule has 0 aromatic carbocycles. The van der Waals surface area contributed by atoms with E-state index in [1.807, 2.05) is 4.68 Å². The number of hydrogen-bond donors (Lipinski definition) is 2. The molecular weight excluding hydrogens is 246 g/mol. The van der Waals surface area contributed by atoms with Gasteiger partial charge in [-0.2, -0.15) is 5.10 Å². The van der Waals surface area contributed by atoms with Gasteiger partial charge >= 0.3 is 0 Å². The van der Waals surface area contributed by atoms with Crippen LogP contribution in [0, 0.1) is 0 Å². The molecule has 5 nitrogen and oxygen atoms in total. The molecule has 2 heterocycles. The van der Waals surface area contributed by atoms with Gasteiger partial charge in [0.2, 0.25) is 0 Å². The molecule has 0 amide bonds. The van der Waals surface area contributed by atoms with Crippen molar-refractivity contribution in [2.24, 2.45) is 10.7 Å². The van der Waals surface area contributed by atoms with Gasteiger partial charge in [-0.15, -0.1) is 0 Å². The van der Waals surface area contributed by atoms with Crippen molar-refractivity contribution in [3.8, 4) is 0 Å². The highest BCUT2D eigenvalue weighted by Gasteiger charge is 2.27. The van der Waals surface area contributed by atoms with E-state index in [0.717, 1.165) is 15.3 Å². The van der Waals surface area contributed by atoms with Gasteiger partial charge in [-0.05, 0) is 28.8 Å². The lowest BCUT2D eigenvalue weighted by Crippen LogP contribution is -2.42. The van der Waals surface area contributed by atoms with E-state index in [0.29, 0.717) is 18.5 Å². The van der Waals surface area contributed by atoms with E-state index in [4.69, 9.17) is 5.73 Å². The van der Waals surface area contributed by atoms with E-state index in [1.54, 1.807) is 0 Å². The highest BCUT2D eigenvalue weighted by atomic mass is 79.9. The van der Waals surface area contributed by atoms with Gasteiger partial charge in [0, 0.05) is 0 Å². The minimum atomic E-state index is 0.532. The highest BCUT2D eigenvalue weighted by Crippen LogP contribution is 2.32. The lowest BCUT2D eigenvalue weighted by Gasteiger charge is -2.06. The van der Waals surface area contributed by atoms with Crippen molar-refractivity contribution >= 4 is 21.8 Å². The van der Waals surface area contributed by atoms with Crippen LogP contribution in [-0.4, -0.2) is 16.4 Å². The van der Waals surface area contributed by atoms with E-state index >= 15 is 0 Å². The average Bonchev–Trinajstić information content (AvgIpc) is 2.93. The topological polar surface area (TPSA) is 68.2 Å². The summed E-state index contributed by atoms with van der Waals surface area (Å²) in [7, 11) is 0. The molecule has 3 N–H and O–H groups in total. The Morgan fingerprint density at radius 2 is 2.29 bits per heavy atom. The molecule has 2 aliphatic rings.